The van der Waals surface area contributed by atoms with Crippen LogP contribution >= 0.6 is 12.2 Å². The second kappa shape index (κ2) is 6.71. The summed E-state index contributed by atoms with van der Waals surface area (Å²) in [5, 5.41) is 8.88. The van der Waals surface area contributed by atoms with Gasteiger partial charge in [0.2, 0.25) is 5.91 Å². The van der Waals surface area contributed by atoms with Crippen LogP contribution in [0.25, 0.3) is 0 Å². The van der Waals surface area contributed by atoms with Crippen molar-refractivity contribution in [1.29, 1.82) is 0 Å². The van der Waals surface area contributed by atoms with E-state index >= 15 is 0 Å². The molecule has 116 valence electrons. The van der Waals surface area contributed by atoms with Gasteiger partial charge < -0.3 is 15.7 Å². The quantitative estimate of drug-likeness (QED) is 0.757. The van der Waals surface area contributed by atoms with Gasteiger partial charge in [0.15, 0.2) is 0 Å². The Hall–Kier alpha value is -0.890. The van der Waals surface area contributed by atoms with E-state index in [1.807, 2.05) is 0 Å². The number of carbonyl (C=O) groups is 1. The average molecular weight is 312 g/mol. The Bertz CT molecular complexity index is 368. The van der Waals surface area contributed by atoms with E-state index in [0.717, 1.165) is 6.42 Å². The van der Waals surface area contributed by atoms with Gasteiger partial charge in [-0.2, -0.15) is 13.2 Å². The second-order valence-electron chi connectivity index (χ2n) is 5.07. The number of halogens is 3. The summed E-state index contributed by atoms with van der Waals surface area (Å²) in [6.45, 7) is -2.30. The molecular weight excluding hydrogens is 293 g/mol. The van der Waals surface area contributed by atoms with Gasteiger partial charge in [-0.3, -0.25) is 4.79 Å². The lowest BCUT2D eigenvalue weighted by atomic mass is 9.73. The third-order valence-corrected chi connectivity index (χ3v) is 4.01. The van der Waals surface area contributed by atoms with Crippen molar-refractivity contribution in [2.75, 3.05) is 19.7 Å². The highest BCUT2D eigenvalue weighted by Gasteiger charge is 2.46. The number of carbonyl (C=O) groups excluding carboxylic acids is 1. The molecule has 0 spiro atoms. The molecule has 0 aromatic heterocycles. The van der Waals surface area contributed by atoms with Crippen molar-refractivity contribution in [3.63, 3.8) is 0 Å². The number of hydrogen-bond donors (Lipinski definition) is 2. The van der Waals surface area contributed by atoms with Gasteiger partial charge in [0.05, 0.1) is 17.0 Å². The Balaban J connectivity index is 2.98. The van der Waals surface area contributed by atoms with Crippen molar-refractivity contribution in [2.45, 2.75) is 38.3 Å². The van der Waals surface area contributed by atoms with Crippen LogP contribution in [0.3, 0.4) is 0 Å². The molecule has 0 bridgehead atoms. The first kappa shape index (κ1) is 17.2. The lowest BCUT2D eigenvalue weighted by molar-refractivity contribution is -0.167. The molecule has 1 saturated carbocycles. The van der Waals surface area contributed by atoms with E-state index < -0.39 is 30.7 Å². The van der Waals surface area contributed by atoms with Crippen LogP contribution in [0, 0.1) is 5.41 Å². The molecule has 3 N–H and O–H groups in total. The summed E-state index contributed by atoms with van der Waals surface area (Å²) in [5.74, 6) is -0.712. The van der Waals surface area contributed by atoms with Crippen LogP contribution in [0.2, 0.25) is 0 Å². The van der Waals surface area contributed by atoms with Gasteiger partial charge in [-0.25, -0.2) is 0 Å². The molecule has 1 amide bonds. The Morgan fingerprint density at radius 2 is 1.85 bits per heavy atom. The lowest BCUT2D eigenvalue weighted by Crippen LogP contribution is -2.54. The summed E-state index contributed by atoms with van der Waals surface area (Å²) in [5.41, 5.74) is 4.45. The molecule has 1 aliphatic rings. The maximum Gasteiger partial charge on any atom is 0.406 e. The number of aliphatic hydroxyl groups is 1. The molecule has 8 heteroatoms. The number of alkyl halides is 3. The first-order valence-corrected chi connectivity index (χ1v) is 6.91. The number of aliphatic hydroxyl groups excluding tert-OH is 1. The lowest BCUT2D eigenvalue weighted by Gasteiger charge is -2.39. The minimum absolute atomic E-state index is 0.0488. The van der Waals surface area contributed by atoms with Gasteiger partial charge in [-0.1, -0.05) is 31.5 Å². The molecule has 1 fully saturated rings. The first-order valence-electron chi connectivity index (χ1n) is 6.50. The molecule has 0 heterocycles. The highest BCUT2D eigenvalue weighted by atomic mass is 32.1. The minimum atomic E-state index is -4.52. The molecule has 0 aromatic carbocycles. The van der Waals surface area contributed by atoms with Crippen molar-refractivity contribution in [3.8, 4) is 0 Å². The zero-order valence-electron chi connectivity index (χ0n) is 11.1. The monoisotopic (exact) mass is 312 g/mol. The van der Waals surface area contributed by atoms with Crippen molar-refractivity contribution in [1.82, 2.24) is 4.90 Å². The number of rotatable bonds is 5. The first-order chi connectivity index (χ1) is 9.23. The molecule has 0 aliphatic heterocycles. The molecule has 20 heavy (non-hydrogen) atoms. The van der Waals surface area contributed by atoms with Gasteiger partial charge in [0.1, 0.15) is 6.54 Å². The Morgan fingerprint density at radius 1 is 1.30 bits per heavy atom. The average Bonchev–Trinajstić information content (AvgIpc) is 2.36. The van der Waals surface area contributed by atoms with E-state index in [-0.39, 0.29) is 11.5 Å². The highest BCUT2D eigenvalue weighted by molar-refractivity contribution is 7.80. The van der Waals surface area contributed by atoms with Crippen LogP contribution in [0.5, 0.6) is 0 Å². The van der Waals surface area contributed by atoms with Crippen LogP contribution in [0.15, 0.2) is 0 Å². The number of amides is 1. The zero-order chi connectivity index (χ0) is 15.4. The number of nitrogens with zero attached hydrogens (tertiary/aromatic N) is 1. The van der Waals surface area contributed by atoms with Crippen molar-refractivity contribution >= 4 is 23.1 Å². The number of hydrogen-bond acceptors (Lipinski definition) is 3. The number of thiocarbonyl (C=S) groups is 1. The van der Waals surface area contributed by atoms with E-state index in [2.05, 4.69) is 0 Å². The maximum absolute atomic E-state index is 12.5. The van der Waals surface area contributed by atoms with E-state index in [0.29, 0.717) is 30.6 Å². The fraction of sp³-hybridized carbons (Fsp3) is 0.833. The van der Waals surface area contributed by atoms with Crippen LogP contribution < -0.4 is 5.73 Å². The molecule has 0 aromatic rings. The molecule has 4 nitrogen and oxygen atoms in total. The maximum atomic E-state index is 12.5. The molecular formula is C12H19F3N2O2S. The van der Waals surface area contributed by atoms with Gasteiger partial charge in [-0.05, 0) is 12.8 Å². The predicted molar refractivity (Wildman–Crippen MR) is 72.0 cm³/mol. The Kier molecular flexibility index (Phi) is 5.76. The van der Waals surface area contributed by atoms with Crippen LogP contribution in [-0.2, 0) is 4.79 Å². The topological polar surface area (TPSA) is 66.6 Å². The van der Waals surface area contributed by atoms with Crippen molar-refractivity contribution in [3.05, 3.63) is 0 Å². The zero-order valence-corrected chi connectivity index (χ0v) is 11.9. The SMILES string of the molecule is NC(=S)C1(C(=O)N(CCO)CC(F)(F)F)CCCCC1. The van der Waals surface area contributed by atoms with E-state index in [9.17, 15) is 18.0 Å². The molecule has 0 saturated heterocycles. The highest BCUT2D eigenvalue weighted by Crippen LogP contribution is 2.39. The van der Waals surface area contributed by atoms with Gasteiger partial charge in [0, 0.05) is 6.54 Å². The van der Waals surface area contributed by atoms with E-state index in [1.54, 1.807) is 0 Å². The van der Waals surface area contributed by atoms with Crippen molar-refractivity contribution in [2.24, 2.45) is 11.1 Å². The standard InChI is InChI=1S/C12H19F3N2O2S/c13-12(14,15)8-17(6-7-18)10(19)11(9(16)20)4-2-1-3-5-11/h18H,1-8H2,(H2,16,20). The summed E-state index contributed by atoms with van der Waals surface area (Å²) in [6, 6.07) is 0. The predicted octanol–water partition coefficient (Wildman–Crippen LogP) is 1.61. The smallest absolute Gasteiger partial charge is 0.395 e. The van der Waals surface area contributed by atoms with E-state index in [4.69, 9.17) is 23.1 Å². The summed E-state index contributed by atoms with van der Waals surface area (Å²) < 4.78 is 37.6. The molecule has 0 unspecified atom stereocenters. The fourth-order valence-electron chi connectivity index (χ4n) is 2.61. The largest absolute Gasteiger partial charge is 0.406 e. The molecule has 1 rings (SSSR count). The molecule has 0 atom stereocenters. The fourth-order valence-corrected chi connectivity index (χ4v) is 2.90. The van der Waals surface area contributed by atoms with Gasteiger partial charge in [0.25, 0.3) is 0 Å². The second-order valence-corrected chi connectivity index (χ2v) is 5.51. The third-order valence-electron chi connectivity index (χ3n) is 3.62. The molecule has 1 aliphatic carbocycles. The van der Waals surface area contributed by atoms with E-state index in [1.165, 1.54) is 0 Å². The van der Waals surface area contributed by atoms with Crippen LogP contribution in [0.1, 0.15) is 32.1 Å². The van der Waals surface area contributed by atoms with Crippen LogP contribution in [-0.4, -0.2) is 46.8 Å². The third kappa shape index (κ3) is 4.05. The summed E-state index contributed by atoms with van der Waals surface area (Å²) in [7, 11) is 0. The normalized spacial score (nSPS) is 18.6. The van der Waals surface area contributed by atoms with Gasteiger partial charge >= 0.3 is 6.18 Å². The summed E-state index contributed by atoms with van der Waals surface area (Å²) in [6.07, 6.45) is -1.43. The number of nitrogens with two attached hydrogens (primary N) is 1. The summed E-state index contributed by atoms with van der Waals surface area (Å²) in [4.78, 5) is 13.0. The minimum Gasteiger partial charge on any atom is -0.395 e. The van der Waals surface area contributed by atoms with Crippen LogP contribution in [0.4, 0.5) is 13.2 Å². The molecule has 0 radical (unpaired) electrons. The Morgan fingerprint density at radius 3 is 2.25 bits per heavy atom. The van der Waals surface area contributed by atoms with Crippen molar-refractivity contribution < 1.29 is 23.1 Å². The van der Waals surface area contributed by atoms with Gasteiger partial charge in [-0.15, -0.1) is 0 Å². The summed E-state index contributed by atoms with van der Waals surface area (Å²) >= 11 is 4.94. The Labute approximate surface area is 121 Å².